The predicted octanol–water partition coefficient (Wildman–Crippen LogP) is 3.42. The molecule has 1 aromatic heterocycles. The summed E-state index contributed by atoms with van der Waals surface area (Å²) in [5, 5.41) is 1.71. The van der Waals surface area contributed by atoms with Crippen LogP contribution in [0, 0.1) is 0 Å². The van der Waals surface area contributed by atoms with Crippen LogP contribution in [0.25, 0.3) is 0 Å². The second-order valence-electron chi connectivity index (χ2n) is 5.20. The van der Waals surface area contributed by atoms with Crippen molar-refractivity contribution < 1.29 is 13.2 Å². The summed E-state index contributed by atoms with van der Waals surface area (Å²) < 4.78 is 27.0. The maximum Gasteiger partial charge on any atom is 0.271 e. The number of carbonyl (C=O) groups excluding carboxylic acids is 1. The van der Waals surface area contributed by atoms with Gasteiger partial charge in [-0.25, -0.2) is 8.42 Å². The first kappa shape index (κ1) is 17.5. The second-order valence-corrected chi connectivity index (χ2v) is 8.05. The number of nitrogens with zero attached hydrogens (tertiary/aromatic N) is 1. The number of hydrogen-bond donors (Lipinski definition) is 1. The summed E-state index contributed by atoms with van der Waals surface area (Å²) in [5.74, 6) is -0.0638. The Hall–Kier alpha value is -1.86. The molecule has 2 rings (SSSR count). The van der Waals surface area contributed by atoms with Gasteiger partial charge in [-0.15, -0.1) is 11.3 Å². The Morgan fingerprint density at radius 1 is 1.22 bits per heavy atom. The lowest BCUT2D eigenvalue weighted by molar-refractivity contribution is 0.0793. The molecule has 0 atom stereocenters. The number of unbranched alkanes of at least 4 members (excludes halogenated alkanes) is 1. The average Bonchev–Trinajstić information content (AvgIpc) is 3.07. The van der Waals surface area contributed by atoms with Gasteiger partial charge in [0.1, 0.15) is 4.21 Å². The topological polar surface area (TPSA) is 66.5 Å². The van der Waals surface area contributed by atoms with Gasteiger partial charge in [-0.1, -0.05) is 19.4 Å². The summed E-state index contributed by atoms with van der Waals surface area (Å²) in [6.45, 7) is 2.79. The lowest BCUT2D eigenvalue weighted by Gasteiger charge is -2.17. The quantitative estimate of drug-likeness (QED) is 0.830. The highest BCUT2D eigenvalue weighted by atomic mass is 32.2. The zero-order chi connectivity index (χ0) is 16.9. The van der Waals surface area contributed by atoms with Crippen LogP contribution in [0.5, 0.6) is 0 Å². The molecule has 0 saturated heterocycles. The fraction of sp³-hybridized carbons (Fsp3) is 0.312. The van der Waals surface area contributed by atoms with Crippen molar-refractivity contribution in [2.24, 2.45) is 0 Å². The first-order chi connectivity index (χ1) is 10.9. The van der Waals surface area contributed by atoms with Crippen molar-refractivity contribution in [3.8, 4) is 0 Å². The normalized spacial score (nSPS) is 11.2. The molecule has 124 valence electrons. The van der Waals surface area contributed by atoms with E-state index in [4.69, 9.17) is 0 Å². The van der Waals surface area contributed by atoms with E-state index < -0.39 is 10.0 Å². The predicted molar refractivity (Wildman–Crippen MR) is 93.4 cm³/mol. The van der Waals surface area contributed by atoms with Gasteiger partial charge in [0.25, 0.3) is 15.9 Å². The van der Waals surface area contributed by atoms with Crippen molar-refractivity contribution in [3.63, 3.8) is 0 Å². The fourth-order valence-electron chi connectivity index (χ4n) is 2.02. The summed E-state index contributed by atoms with van der Waals surface area (Å²) in [4.78, 5) is 13.9. The number of benzene rings is 1. The van der Waals surface area contributed by atoms with Crippen molar-refractivity contribution in [1.82, 2.24) is 4.90 Å². The Bertz CT molecular complexity index is 738. The summed E-state index contributed by atoms with van der Waals surface area (Å²) >= 11 is 1.16. The van der Waals surface area contributed by atoms with Gasteiger partial charge in [0.15, 0.2) is 0 Å². The Morgan fingerprint density at radius 2 is 1.91 bits per heavy atom. The van der Waals surface area contributed by atoms with Crippen LogP contribution in [0.3, 0.4) is 0 Å². The number of amides is 1. The van der Waals surface area contributed by atoms with Gasteiger partial charge in [0, 0.05) is 24.8 Å². The Kier molecular flexibility index (Phi) is 5.79. The van der Waals surface area contributed by atoms with Crippen LogP contribution in [-0.4, -0.2) is 32.8 Å². The Labute approximate surface area is 141 Å². The van der Waals surface area contributed by atoms with Crippen LogP contribution < -0.4 is 4.72 Å². The van der Waals surface area contributed by atoms with Crippen LogP contribution in [0.4, 0.5) is 5.69 Å². The van der Waals surface area contributed by atoms with E-state index in [1.807, 2.05) is 0 Å². The van der Waals surface area contributed by atoms with Gasteiger partial charge < -0.3 is 4.90 Å². The van der Waals surface area contributed by atoms with Crippen LogP contribution in [-0.2, 0) is 10.0 Å². The summed E-state index contributed by atoms with van der Waals surface area (Å²) in [5.41, 5.74) is 0.980. The van der Waals surface area contributed by atoms with Gasteiger partial charge >= 0.3 is 0 Å². The van der Waals surface area contributed by atoms with E-state index in [-0.39, 0.29) is 10.1 Å². The van der Waals surface area contributed by atoms with E-state index in [9.17, 15) is 13.2 Å². The number of carbonyl (C=O) groups is 1. The molecule has 0 aliphatic carbocycles. The van der Waals surface area contributed by atoms with Gasteiger partial charge in [-0.3, -0.25) is 9.52 Å². The number of thiophene rings is 1. The van der Waals surface area contributed by atoms with Crippen LogP contribution in [0.1, 0.15) is 30.1 Å². The zero-order valence-electron chi connectivity index (χ0n) is 13.2. The molecule has 23 heavy (non-hydrogen) atoms. The van der Waals surface area contributed by atoms with Crippen molar-refractivity contribution in [2.75, 3.05) is 18.3 Å². The number of anilines is 1. The third-order valence-electron chi connectivity index (χ3n) is 3.34. The van der Waals surface area contributed by atoms with Gasteiger partial charge in [0.2, 0.25) is 0 Å². The van der Waals surface area contributed by atoms with E-state index in [1.165, 1.54) is 0 Å². The van der Waals surface area contributed by atoms with E-state index in [0.29, 0.717) is 17.8 Å². The first-order valence-electron chi connectivity index (χ1n) is 7.36. The Balaban J connectivity index is 2.06. The third kappa shape index (κ3) is 4.56. The standard InChI is InChI=1S/C16H20N2O3S2/c1-3-4-11-18(2)16(19)13-7-9-14(10-8-13)17-23(20,21)15-6-5-12-22-15/h5-10,12,17H,3-4,11H2,1-2H3. The molecule has 7 heteroatoms. The monoisotopic (exact) mass is 352 g/mol. The van der Waals surface area contributed by atoms with Gasteiger partial charge in [-0.2, -0.15) is 0 Å². The summed E-state index contributed by atoms with van der Waals surface area (Å²) in [7, 11) is -1.79. The SMILES string of the molecule is CCCCN(C)C(=O)c1ccc(NS(=O)(=O)c2cccs2)cc1. The molecule has 0 aliphatic heterocycles. The molecule has 0 radical (unpaired) electrons. The maximum atomic E-state index is 12.2. The number of hydrogen-bond acceptors (Lipinski definition) is 4. The average molecular weight is 352 g/mol. The number of sulfonamides is 1. The second kappa shape index (κ2) is 7.61. The molecule has 1 aromatic carbocycles. The number of nitrogens with one attached hydrogen (secondary N) is 1. The maximum absolute atomic E-state index is 12.2. The van der Waals surface area contributed by atoms with Crippen LogP contribution >= 0.6 is 11.3 Å². The molecule has 0 bridgehead atoms. The number of rotatable bonds is 7. The summed E-state index contributed by atoms with van der Waals surface area (Å²) in [6.07, 6.45) is 1.99. The fourth-order valence-corrected chi connectivity index (χ4v) is 4.07. The molecule has 0 saturated carbocycles. The molecule has 2 aromatic rings. The van der Waals surface area contributed by atoms with Gasteiger partial charge in [-0.05, 0) is 42.1 Å². The minimum absolute atomic E-state index is 0.0638. The van der Waals surface area contributed by atoms with E-state index in [2.05, 4.69) is 11.6 Å². The highest BCUT2D eigenvalue weighted by Gasteiger charge is 2.16. The lowest BCUT2D eigenvalue weighted by atomic mass is 10.2. The molecule has 0 aliphatic rings. The van der Waals surface area contributed by atoms with Crippen molar-refractivity contribution >= 4 is 33.0 Å². The molecular weight excluding hydrogens is 332 g/mol. The van der Waals surface area contributed by atoms with Crippen LogP contribution in [0.2, 0.25) is 0 Å². The van der Waals surface area contributed by atoms with Gasteiger partial charge in [0.05, 0.1) is 0 Å². The molecule has 5 nitrogen and oxygen atoms in total. The molecule has 1 N–H and O–H groups in total. The molecule has 0 unspecified atom stereocenters. The van der Waals surface area contributed by atoms with Crippen molar-refractivity contribution in [1.29, 1.82) is 0 Å². The largest absolute Gasteiger partial charge is 0.342 e. The van der Waals surface area contributed by atoms with Crippen molar-refractivity contribution in [2.45, 2.75) is 24.0 Å². The van der Waals surface area contributed by atoms with E-state index in [0.717, 1.165) is 24.2 Å². The van der Waals surface area contributed by atoms with Crippen molar-refractivity contribution in [3.05, 3.63) is 47.3 Å². The summed E-state index contributed by atoms with van der Waals surface area (Å²) in [6, 6.07) is 9.72. The molecule has 1 heterocycles. The lowest BCUT2D eigenvalue weighted by Crippen LogP contribution is -2.27. The minimum atomic E-state index is -3.56. The highest BCUT2D eigenvalue weighted by molar-refractivity contribution is 7.94. The minimum Gasteiger partial charge on any atom is -0.342 e. The van der Waals surface area contributed by atoms with Crippen LogP contribution in [0.15, 0.2) is 46.0 Å². The molecule has 0 fully saturated rings. The van der Waals surface area contributed by atoms with E-state index >= 15 is 0 Å². The molecular formula is C16H20N2O3S2. The zero-order valence-corrected chi connectivity index (χ0v) is 14.8. The van der Waals surface area contributed by atoms with E-state index in [1.54, 1.807) is 53.7 Å². The Morgan fingerprint density at radius 3 is 2.48 bits per heavy atom. The molecule has 0 spiro atoms. The molecule has 1 amide bonds. The highest BCUT2D eigenvalue weighted by Crippen LogP contribution is 2.20. The smallest absolute Gasteiger partial charge is 0.271 e. The third-order valence-corrected chi connectivity index (χ3v) is 6.12. The first-order valence-corrected chi connectivity index (χ1v) is 9.72.